The summed E-state index contributed by atoms with van der Waals surface area (Å²) in [7, 11) is 1.61. The summed E-state index contributed by atoms with van der Waals surface area (Å²) in [6.07, 6.45) is 0.532. The molecule has 0 fully saturated rings. The molecule has 0 saturated carbocycles. The zero-order chi connectivity index (χ0) is 13.0. The summed E-state index contributed by atoms with van der Waals surface area (Å²) in [6, 6.07) is 13.8. The van der Waals surface area contributed by atoms with Gasteiger partial charge in [-0.15, -0.1) is 0 Å². The second-order valence-corrected chi connectivity index (χ2v) is 3.94. The molecule has 3 heteroatoms. The Morgan fingerprint density at radius 3 is 2.50 bits per heavy atom. The van der Waals surface area contributed by atoms with E-state index in [0.29, 0.717) is 17.5 Å². The Morgan fingerprint density at radius 2 is 1.89 bits per heavy atom. The van der Waals surface area contributed by atoms with Crippen molar-refractivity contribution in [1.82, 2.24) is 0 Å². The van der Waals surface area contributed by atoms with Gasteiger partial charge in [0, 0.05) is 0 Å². The van der Waals surface area contributed by atoms with Crippen molar-refractivity contribution < 1.29 is 9.13 Å². The standard InChI is InChI=1S/C15H12FNO/c1-18-15-6-2-11(3-7-15)8-13-9-14(16)5-4-12(13)10-17/h2-7,9H,8H2,1H3. The maximum Gasteiger partial charge on any atom is 0.123 e. The Hall–Kier alpha value is -2.34. The molecule has 0 heterocycles. The summed E-state index contributed by atoms with van der Waals surface area (Å²) >= 11 is 0. The first-order chi connectivity index (χ1) is 8.72. The normalized spacial score (nSPS) is 9.83. The van der Waals surface area contributed by atoms with E-state index in [4.69, 9.17) is 10.00 Å². The Labute approximate surface area is 105 Å². The Balaban J connectivity index is 2.27. The zero-order valence-electron chi connectivity index (χ0n) is 9.98. The Kier molecular flexibility index (Phi) is 3.59. The van der Waals surface area contributed by atoms with Crippen LogP contribution in [-0.4, -0.2) is 7.11 Å². The van der Waals surface area contributed by atoms with Gasteiger partial charge in [0.25, 0.3) is 0 Å². The maximum absolute atomic E-state index is 13.2. The van der Waals surface area contributed by atoms with Crippen molar-refractivity contribution in [3.8, 4) is 11.8 Å². The molecule has 0 unspecified atom stereocenters. The minimum atomic E-state index is -0.322. The minimum Gasteiger partial charge on any atom is -0.497 e. The first kappa shape index (κ1) is 12.1. The van der Waals surface area contributed by atoms with Crippen molar-refractivity contribution in [2.45, 2.75) is 6.42 Å². The van der Waals surface area contributed by atoms with Crippen molar-refractivity contribution in [3.63, 3.8) is 0 Å². The first-order valence-electron chi connectivity index (χ1n) is 5.54. The van der Waals surface area contributed by atoms with Gasteiger partial charge in [-0.3, -0.25) is 0 Å². The average Bonchev–Trinajstić information content (AvgIpc) is 2.40. The number of benzene rings is 2. The van der Waals surface area contributed by atoms with Gasteiger partial charge >= 0.3 is 0 Å². The Bertz CT molecular complexity index is 584. The smallest absolute Gasteiger partial charge is 0.123 e. The zero-order valence-corrected chi connectivity index (χ0v) is 9.98. The number of nitrogens with zero attached hydrogens (tertiary/aromatic N) is 1. The van der Waals surface area contributed by atoms with Crippen LogP contribution in [0.3, 0.4) is 0 Å². The number of hydrogen-bond donors (Lipinski definition) is 0. The lowest BCUT2D eigenvalue weighted by Gasteiger charge is -2.06. The second-order valence-electron chi connectivity index (χ2n) is 3.94. The predicted octanol–water partition coefficient (Wildman–Crippen LogP) is 3.30. The Morgan fingerprint density at radius 1 is 1.17 bits per heavy atom. The molecule has 0 radical (unpaired) electrons. The van der Waals surface area contributed by atoms with Crippen LogP contribution in [0.4, 0.5) is 4.39 Å². The molecule has 2 rings (SSSR count). The lowest BCUT2D eigenvalue weighted by molar-refractivity contribution is 0.414. The molecular formula is C15H12FNO. The number of halogens is 1. The van der Waals surface area contributed by atoms with Crippen LogP contribution in [0.5, 0.6) is 5.75 Å². The summed E-state index contributed by atoms with van der Waals surface area (Å²) in [6.45, 7) is 0. The summed E-state index contributed by atoms with van der Waals surface area (Å²) in [4.78, 5) is 0. The molecule has 0 saturated heterocycles. The van der Waals surface area contributed by atoms with E-state index in [1.54, 1.807) is 7.11 Å². The third kappa shape index (κ3) is 2.67. The van der Waals surface area contributed by atoms with E-state index in [1.165, 1.54) is 18.2 Å². The number of hydrogen-bond acceptors (Lipinski definition) is 2. The third-order valence-electron chi connectivity index (χ3n) is 2.74. The summed E-state index contributed by atoms with van der Waals surface area (Å²) in [5.41, 5.74) is 2.22. The van der Waals surface area contributed by atoms with E-state index in [9.17, 15) is 4.39 Å². The van der Waals surface area contributed by atoms with Gasteiger partial charge in [0.2, 0.25) is 0 Å². The van der Waals surface area contributed by atoms with Gasteiger partial charge in [0.05, 0.1) is 18.7 Å². The molecule has 0 amide bonds. The molecule has 0 aliphatic carbocycles. The molecule has 2 nitrogen and oxygen atoms in total. The molecule has 2 aromatic carbocycles. The highest BCUT2D eigenvalue weighted by atomic mass is 19.1. The van der Waals surface area contributed by atoms with Crippen LogP contribution in [0, 0.1) is 17.1 Å². The van der Waals surface area contributed by atoms with Crippen molar-refractivity contribution in [1.29, 1.82) is 5.26 Å². The quantitative estimate of drug-likeness (QED) is 0.826. The topological polar surface area (TPSA) is 33.0 Å². The molecule has 0 aromatic heterocycles. The van der Waals surface area contributed by atoms with Crippen molar-refractivity contribution in [3.05, 3.63) is 65.0 Å². The monoisotopic (exact) mass is 241 g/mol. The van der Waals surface area contributed by atoms with Gasteiger partial charge in [-0.25, -0.2) is 4.39 Å². The van der Waals surface area contributed by atoms with Crippen LogP contribution < -0.4 is 4.74 Å². The van der Waals surface area contributed by atoms with Gasteiger partial charge in [-0.1, -0.05) is 12.1 Å². The molecule has 18 heavy (non-hydrogen) atoms. The van der Waals surface area contributed by atoms with Crippen LogP contribution in [-0.2, 0) is 6.42 Å². The molecule has 0 aliphatic rings. The number of methoxy groups -OCH3 is 1. The van der Waals surface area contributed by atoms with Crippen molar-refractivity contribution in [2.75, 3.05) is 7.11 Å². The lowest BCUT2D eigenvalue weighted by Crippen LogP contribution is -1.94. The molecule has 0 atom stereocenters. The fourth-order valence-corrected chi connectivity index (χ4v) is 1.78. The average molecular weight is 241 g/mol. The third-order valence-corrected chi connectivity index (χ3v) is 2.74. The van der Waals surface area contributed by atoms with Gasteiger partial charge in [-0.05, 0) is 47.9 Å². The van der Waals surface area contributed by atoms with E-state index >= 15 is 0 Å². The van der Waals surface area contributed by atoms with Crippen LogP contribution in [0.2, 0.25) is 0 Å². The molecule has 0 bridgehead atoms. The first-order valence-corrected chi connectivity index (χ1v) is 5.54. The molecule has 0 N–H and O–H groups in total. The number of nitriles is 1. The highest BCUT2D eigenvalue weighted by Crippen LogP contribution is 2.18. The molecule has 90 valence electrons. The maximum atomic E-state index is 13.2. The van der Waals surface area contributed by atoms with Crippen molar-refractivity contribution >= 4 is 0 Å². The van der Waals surface area contributed by atoms with E-state index in [-0.39, 0.29) is 5.82 Å². The van der Waals surface area contributed by atoms with Gasteiger partial charge in [0.1, 0.15) is 11.6 Å². The summed E-state index contributed by atoms with van der Waals surface area (Å²) in [5.74, 6) is 0.455. The van der Waals surface area contributed by atoms with Gasteiger partial charge < -0.3 is 4.74 Å². The second kappa shape index (κ2) is 5.33. The molecule has 0 spiro atoms. The van der Waals surface area contributed by atoms with Gasteiger partial charge in [0.15, 0.2) is 0 Å². The highest BCUT2D eigenvalue weighted by Gasteiger charge is 2.05. The molecule has 2 aromatic rings. The molecular weight excluding hydrogens is 229 g/mol. The van der Waals surface area contributed by atoms with E-state index in [1.807, 2.05) is 24.3 Å². The van der Waals surface area contributed by atoms with E-state index in [0.717, 1.165) is 11.3 Å². The summed E-state index contributed by atoms with van der Waals surface area (Å²) in [5, 5.41) is 8.98. The van der Waals surface area contributed by atoms with Crippen LogP contribution in [0.15, 0.2) is 42.5 Å². The molecule has 0 aliphatic heterocycles. The SMILES string of the molecule is COc1ccc(Cc2cc(F)ccc2C#N)cc1. The highest BCUT2D eigenvalue weighted by molar-refractivity contribution is 5.41. The lowest BCUT2D eigenvalue weighted by atomic mass is 10.0. The largest absolute Gasteiger partial charge is 0.497 e. The minimum absolute atomic E-state index is 0.322. The van der Waals surface area contributed by atoms with Crippen LogP contribution >= 0.6 is 0 Å². The fourth-order valence-electron chi connectivity index (χ4n) is 1.78. The number of ether oxygens (including phenoxy) is 1. The van der Waals surface area contributed by atoms with Crippen molar-refractivity contribution in [2.24, 2.45) is 0 Å². The summed E-state index contributed by atoms with van der Waals surface area (Å²) < 4.78 is 18.2. The predicted molar refractivity (Wildman–Crippen MR) is 66.9 cm³/mol. The fraction of sp³-hybridized carbons (Fsp3) is 0.133. The number of rotatable bonds is 3. The van der Waals surface area contributed by atoms with Crippen LogP contribution in [0.25, 0.3) is 0 Å². The van der Waals surface area contributed by atoms with E-state index in [2.05, 4.69) is 6.07 Å². The van der Waals surface area contributed by atoms with E-state index < -0.39 is 0 Å². The van der Waals surface area contributed by atoms with Crippen LogP contribution in [0.1, 0.15) is 16.7 Å². The van der Waals surface area contributed by atoms with Gasteiger partial charge in [-0.2, -0.15) is 5.26 Å².